The van der Waals surface area contributed by atoms with E-state index < -0.39 is 5.97 Å². The van der Waals surface area contributed by atoms with Crippen LogP contribution in [0.25, 0.3) is 0 Å². The SMILES string of the molecule is CCCCCC(C)(C)c1cc(Cc2cc(C(C)(C)C)ccc2O)c(O)c(Cc2cc(C(C)(C)C)cc(C(=O)O)c2O)c1. The summed E-state index contributed by atoms with van der Waals surface area (Å²) in [6, 6.07) is 13.1. The molecule has 0 saturated carbocycles. The Kier molecular flexibility index (Phi) is 9.76. The van der Waals surface area contributed by atoms with Gasteiger partial charge in [0.1, 0.15) is 22.8 Å². The third kappa shape index (κ3) is 7.67. The van der Waals surface area contributed by atoms with Crippen LogP contribution in [0.15, 0.2) is 42.5 Å². The van der Waals surface area contributed by atoms with Crippen molar-refractivity contribution in [3.63, 3.8) is 0 Å². The zero-order valence-electron chi connectivity index (χ0n) is 27.0. The van der Waals surface area contributed by atoms with Crippen LogP contribution in [0.4, 0.5) is 0 Å². The van der Waals surface area contributed by atoms with Gasteiger partial charge in [0, 0.05) is 12.8 Å². The van der Waals surface area contributed by atoms with Crippen LogP contribution in [0.2, 0.25) is 0 Å². The van der Waals surface area contributed by atoms with Gasteiger partial charge in [0.2, 0.25) is 0 Å². The first kappa shape index (κ1) is 33.0. The minimum Gasteiger partial charge on any atom is -0.508 e. The van der Waals surface area contributed by atoms with Gasteiger partial charge in [-0.25, -0.2) is 4.79 Å². The highest BCUT2D eigenvalue weighted by molar-refractivity contribution is 5.91. The molecular formula is C37H50O5. The summed E-state index contributed by atoms with van der Waals surface area (Å²) in [5.41, 5.74) is 4.71. The van der Waals surface area contributed by atoms with E-state index in [1.54, 1.807) is 6.07 Å². The molecule has 0 fully saturated rings. The van der Waals surface area contributed by atoms with Crippen molar-refractivity contribution in [3.05, 3.63) is 87.0 Å². The molecule has 0 heterocycles. The first-order valence-corrected chi connectivity index (χ1v) is 15.1. The van der Waals surface area contributed by atoms with Gasteiger partial charge in [-0.1, -0.05) is 112 Å². The number of hydrogen-bond donors (Lipinski definition) is 4. The highest BCUT2D eigenvalue weighted by atomic mass is 16.4. The maximum atomic E-state index is 12.0. The number of rotatable bonds is 10. The van der Waals surface area contributed by atoms with Gasteiger partial charge >= 0.3 is 5.97 Å². The summed E-state index contributed by atoms with van der Waals surface area (Å²) in [5, 5.41) is 43.3. The lowest BCUT2D eigenvalue weighted by Gasteiger charge is -2.28. The average molecular weight is 575 g/mol. The number of carboxylic acid groups (broad SMARTS) is 1. The third-order valence-corrected chi connectivity index (χ3v) is 8.45. The molecule has 0 aromatic heterocycles. The zero-order chi connectivity index (χ0) is 31.6. The summed E-state index contributed by atoms with van der Waals surface area (Å²) in [6.45, 7) is 19.0. The van der Waals surface area contributed by atoms with Crippen LogP contribution in [-0.4, -0.2) is 26.4 Å². The van der Waals surface area contributed by atoms with Gasteiger partial charge in [0.25, 0.3) is 0 Å². The second-order valence-corrected chi connectivity index (χ2v) is 14.5. The summed E-state index contributed by atoms with van der Waals surface area (Å²) < 4.78 is 0. The zero-order valence-corrected chi connectivity index (χ0v) is 27.0. The van der Waals surface area contributed by atoms with E-state index >= 15 is 0 Å². The molecule has 0 atom stereocenters. The molecule has 0 amide bonds. The molecule has 0 spiro atoms. The molecule has 0 aliphatic carbocycles. The van der Waals surface area contributed by atoms with Gasteiger partial charge in [0.15, 0.2) is 0 Å². The number of phenols is 3. The second kappa shape index (κ2) is 12.4. The van der Waals surface area contributed by atoms with Gasteiger partial charge in [-0.3, -0.25) is 0 Å². The maximum Gasteiger partial charge on any atom is 0.339 e. The van der Waals surface area contributed by atoms with Crippen molar-refractivity contribution >= 4 is 5.97 Å². The van der Waals surface area contributed by atoms with Crippen LogP contribution in [0.1, 0.15) is 137 Å². The summed E-state index contributed by atoms with van der Waals surface area (Å²) in [4.78, 5) is 12.0. The van der Waals surface area contributed by atoms with Crippen LogP contribution in [0.5, 0.6) is 17.2 Å². The van der Waals surface area contributed by atoms with Crippen molar-refractivity contribution in [2.45, 2.75) is 117 Å². The van der Waals surface area contributed by atoms with E-state index in [9.17, 15) is 25.2 Å². The van der Waals surface area contributed by atoms with E-state index in [4.69, 9.17) is 0 Å². The molecule has 42 heavy (non-hydrogen) atoms. The highest BCUT2D eigenvalue weighted by Gasteiger charge is 2.26. The Balaban J connectivity index is 2.21. The Morgan fingerprint density at radius 2 is 1.14 bits per heavy atom. The Bertz CT molecular complexity index is 1430. The summed E-state index contributed by atoms with van der Waals surface area (Å²) in [5.74, 6) is -1.19. The monoisotopic (exact) mass is 574 g/mol. The molecule has 3 aromatic carbocycles. The summed E-state index contributed by atoms with van der Waals surface area (Å²) in [7, 11) is 0. The smallest absolute Gasteiger partial charge is 0.339 e. The van der Waals surface area contributed by atoms with Gasteiger partial charge in [-0.2, -0.15) is 0 Å². The van der Waals surface area contributed by atoms with Gasteiger partial charge in [0.05, 0.1) is 0 Å². The maximum absolute atomic E-state index is 12.0. The van der Waals surface area contributed by atoms with Crippen molar-refractivity contribution in [2.75, 3.05) is 0 Å². The molecule has 0 radical (unpaired) electrons. The number of unbranched alkanes of at least 4 members (excludes halogenated alkanes) is 2. The quantitative estimate of drug-likeness (QED) is 0.181. The fourth-order valence-corrected chi connectivity index (χ4v) is 5.41. The summed E-state index contributed by atoms with van der Waals surface area (Å²) in [6.07, 6.45) is 4.83. The van der Waals surface area contributed by atoms with E-state index in [0.717, 1.165) is 47.9 Å². The Morgan fingerprint density at radius 3 is 1.67 bits per heavy atom. The predicted octanol–water partition coefficient (Wildman–Crippen LogP) is 9.14. The van der Waals surface area contributed by atoms with Crippen molar-refractivity contribution in [1.29, 1.82) is 0 Å². The van der Waals surface area contributed by atoms with Crippen LogP contribution in [0, 0.1) is 0 Å². The van der Waals surface area contributed by atoms with E-state index in [2.05, 4.69) is 41.5 Å². The molecule has 0 bridgehead atoms. The molecule has 0 saturated heterocycles. The minimum absolute atomic E-state index is 0.0982. The number of hydrogen-bond acceptors (Lipinski definition) is 4. The van der Waals surface area contributed by atoms with Crippen LogP contribution in [0.3, 0.4) is 0 Å². The molecule has 0 aliphatic heterocycles. The number of aromatic carboxylic acids is 1. The number of aromatic hydroxyl groups is 3. The van der Waals surface area contributed by atoms with Crippen molar-refractivity contribution < 1.29 is 25.2 Å². The first-order chi connectivity index (χ1) is 19.3. The van der Waals surface area contributed by atoms with E-state index in [1.165, 1.54) is 6.07 Å². The fourth-order valence-electron chi connectivity index (χ4n) is 5.41. The van der Waals surface area contributed by atoms with Crippen LogP contribution >= 0.6 is 0 Å². The van der Waals surface area contributed by atoms with Crippen LogP contribution in [-0.2, 0) is 29.1 Å². The first-order valence-electron chi connectivity index (χ1n) is 15.1. The molecule has 3 aromatic rings. The molecule has 5 nitrogen and oxygen atoms in total. The molecule has 3 rings (SSSR count). The number of carbonyl (C=O) groups is 1. The minimum atomic E-state index is -1.19. The Morgan fingerprint density at radius 1 is 0.643 bits per heavy atom. The molecule has 4 N–H and O–H groups in total. The van der Waals surface area contributed by atoms with Gasteiger partial charge in [-0.15, -0.1) is 0 Å². The molecule has 228 valence electrons. The normalized spacial score (nSPS) is 12.5. The topological polar surface area (TPSA) is 98.0 Å². The molecule has 5 heteroatoms. The van der Waals surface area contributed by atoms with E-state index in [0.29, 0.717) is 23.1 Å². The summed E-state index contributed by atoms with van der Waals surface area (Å²) >= 11 is 0. The molecule has 0 unspecified atom stereocenters. The molecular weight excluding hydrogens is 524 g/mol. The number of carboxylic acids is 1. The lowest BCUT2D eigenvalue weighted by molar-refractivity contribution is 0.0693. The Hall–Kier alpha value is -3.47. The largest absolute Gasteiger partial charge is 0.508 e. The van der Waals surface area contributed by atoms with E-state index in [-0.39, 0.29) is 45.5 Å². The lowest BCUT2D eigenvalue weighted by atomic mass is 9.77. The highest BCUT2D eigenvalue weighted by Crippen LogP contribution is 2.40. The number of phenolic OH excluding ortho intramolecular Hbond substituents is 2. The molecule has 0 aliphatic rings. The van der Waals surface area contributed by atoms with Crippen molar-refractivity contribution in [1.82, 2.24) is 0 Å². The van der Waals surface area contributed by atoms with E-state index in [1.807, 2.05) is 51.1 Å². The predicted molar refractivity (Wildman–Crippen MR) is 171 cm³/mol. The average Bonchev–Trinajstić information content (AvgIpc) is 2.87. The fraction of sp³-hybridized carbons (Fsp3) is 0.486. The number of benzene rings is 3. The van der Waals surface area contributed by atoms with Crippen molar-refractivity contribution in [2.24, 2.45) is 0 Å². The standard InChI is InChI=1S/C37H50O5/c1-10-11-12-15-37(8,9)29-20-24(16-23-18-27(35(2,3)4)13-14-31(23)38)32(39)25(21-29)17-26-19-28(36(5,6)7)22-30(33(26)40)34(41)42/h13-14,18-22,38-40H,10-12,15-17H2,1-9H3,(H,41,42). The second-order valence-electron chi connectivity index (χ2n) is 14.5. The Labute approximate surface area is 252 Å². The third-order valence-electron chi connectivity index (χ3n) is 8.45. The van der Waals surface area contributed by atoms with Gasteiger partial charge in [-0.05, 0) is 73.7 Å². The van der Waals surface area contributed by atoms with Crippen LogP contribution < -0.4 is 0 Å². The lowest BCUT2D eigenvalue weighted by Crippen LogP contribution is -2.18. The van der Waals surface area contributed by atoms with Gasteiger partial charge < -0.3 is 20.4 Å². The van der Waals surface area contributed by atoms with Crippen molar-refractivity contribution in [3.8, 4) is 17.2 Å².